The van der Waals surface area contributed by atoms with E-state index in [-0.39, 0.29) is 5.56 Å². The van der Waals surface area contributed by atoms with Crippen molar-refractivity contribution in [3.63, 3.8) is 0 Å². The average molecular weight is 287 g/mol. The molecule has 5 nitrogen and oxygen atoms in total. The second-order valence-electron chi connectivity index (χ2n) is 5.34. The fraction of sp³-hybridized carbons (Fsp3) is 0.375. The molecule has 21 heavy (non-hydrogen) atoms. The third-order valence-corrected chi connectivity index (χ3v) is 2.98. The molecule has 0 fully saturated rings. The lowest BCUT2D eigenvalue weighted by Gasteiger charge is -2.13. The second-order valence-corrected chi connectivity index (χ2v) is 5.34. The molecule has 0 bridgehead atoms. The monoisotopic (exact) mass is 287 g/mol. The number of ether oxygens (including phenoxy) is 1. The molecule has 1 aromatic heterocycles. The maximum atomic E-state index is 11.7. The molecule has 0 aliphatic carbocycles. The first kappa shape index (κ1) is 15.3. The number of nitrogens with one attached hydrogen (secondary N) is 2. The zero-order valence-electron chi connectivity index (χ0n) is 12.6. The minimum absolute atomic E-state index is 0.173. The Morgan fingerprint density at radius 1 is 1.33 bits per heavy atom. The van der Waals surface area contributed by atoms with Gasteiger partial charge in [-0.25, -0.2) is 5.10 Å². The Balaban J connectivity index is 2.37. The fourth-order valence-electron chi connectivity index (χ4n) is 1.97. The van der Waals surface area contributed by atoms with Crippen LogP contribution < -0.4 is 15.6 Å². The summed E-state index contributed by atoms with van der Waals surface area (Å²) in [6, 6.07) is 9.52. The van der Waals surface area contributed by atoms with Crippen LogP contribution in [0.5, 0.6) is 5.75 Å². The van der Waals surface area contributed by atoms with E-state index in [4.69, 9.17) is 4.74 Å². The standard InChI is InChI=1S/C16H21N3O2/c1-11(2)10-21-15-7-5-4-6-13(15)14-8-12(9-17-3)16(20)19-18-14/h4-8,11,17H,9-10H2,1-3H3,(H,19,20). The highest BCUT2D eigenvalue weighted by Crippen LogP contribution is 2.28. The largest absolute Gasteiger partial charge is 0.493 e. The molecule has 2 rings (SSSR count). The molecule has 0 spiro atoms. The quantitative estimate of drug-likeness (QED) is 0.854. The normalized spacial score (nSPS) is 10.9. The Bertz CT molecular complexity index is 650. The third kappa shape index (κ3) is 3.92. The molecule has 0 saturated heterocycles. The van der Waals surface area contributed by atoms with Gasteiger partial charge in [0, 0.05) is 17.7 Å². The van der Waals surface area contributed by atoms with Crippen LogP contribution in [-0.4, -0.2) is 23.9 Å². The molecule has 112 valence electrons. The lowest BCUT2D eigenvalue weighted by molar-refractivity contribution is 0.272. The molecule has 0 unspecified atom stereocenters. The van der Waals surface area contributed by atoms with E-state index < -0.39 is 0 Å². The van der Waals surface area contributed by atoms with E-state index in [1.54, 1.807) is 13.1 Å². The Labute approximate surface area is 124 Å². The van der Waals surface area contributed by atoms with Gasteiger partial charge in [-0.2, -0.15) is 5.10 Å². The van der Waals surface area contributed by atoms with Crippen LogP contribution in [0.4, 0.5) is 0 Å². The summed E-state index contributed by atoms with van der Waals surface area (Å²) in [6.45, 7) is 5.35. The summed E-state index contributed by atoms with van der Waals surface area (Å²) in [4.78, 5) is 11.7. The highest BCUT2D eigenvalue weighted by atomic mass is 16.5. The minimum atomic E-state index is -0.173. The topological polar surface area (TPSA) is 67.0 Å². The molecule has 2 aromatic rings. The van der Waals surface area contributed by atoms with E-state index in [1.807, 2.05) is 24.3 Å². The summed E-state index contributed by atoms with van der Waals surface area (Å²) in [5.41, 5.74) is 2.07. The molecule has 1 aromatic carbocycles. The van der Waals surface area contributed by atoms with Gasteiger partial charge in [0.15, 0.2) is 0 Å². The van der Waals surface area contributed by atoms with Gasteiger partial charge in [0.2, 0.25) is 0 Å². The van der Waals surface area contributed by atoms with E-state index in [0.717, 1.165) is 11.3 Å². The van der Waals surface area contributed by atoms with Crippen molar-refractivity contribution in [2.24, 2.45) is 5.92 Å². The molecule has 0 saturated carbocycles. The van der Waals surface area contributed by atoms with Gasteiger partial charge in [0.05, 0.1) is 12.3 Å². The number of aromatic amines is 1. The summed E-state index contributed by atoms with van der Waals surface area (Å²) in [5.74, 6) is 1.22. The van der Waals surface area contributed by atoms with Crippen molar-refractivity contribution >= 4 is 0 Å². The van der Waals surface area contributed by atoms with Crippen LogP contribution in [0.15, 0.2) is 35.1 Å². The van der Waals surface area contributed by atoms with Crippen molar-refractivity contribution in [3.8, 4) is 17.0 Å². The molecule has 0 aliphatic rings. The van der Waals surface area contributed by atoms with E-state index in [1.165, 1.54) is 0 Å². The van der Waals surface area contributed by atoms with Crippen LogP contribution in [0, 0.1) is 5.92 Å². The second kappa shape index (κ2) is 7.04. The van der Waals surface area contributed by atoms with Gasteiger partial charge < -0.3 is 10.1 Å². The molecule has 0 atom stereocenters. The SMILES string of the molecule is CNCc1cc(-c2ccccc2OCC(C)C)n[nH]c1=O. The number of rotatable bonds is 6. The number of H-pyrrole nitrogens is 1. The lowest BCUT2D eigenvalue weighted by Crippen LogP contribution is -2.19. The molecule has 2 N–H and O–H groups in total. The van der Waals surface area contributed by atoms with Crippen LogP contribution in [0.2, 0.25) is 0 Å². The Kier molecular flexibility index (Phi) is 5.11. The molecule has 0 radical (unpaired) electrons. The van der Waals surface area contributed by atoms with Crippen LogP contribution in [-0.2, 0) is 6.54 Å². The zero-order valence-corrected chi connectivity index (χ0v) is 12.6. The van der Waals surface area contributed by atoms with Crippen LogP contribution >= 0.6 is 0 Å². The highest BCUT2D eigenvalue weighted by Gasteiger charge is 2.10. The van der Waals surface area contributed by atoms with Gasteiger partial charge >= 0.3 is 0 Å². The summed E-state index contributed by atoms with van der Waals surface area (Å²) < 4.78 is 5.84. The minimum Gasteiger partial charge on any atom is -0.493 e. The number of para-hydroxylation sites is 1. The van der Waals surface area contributed by atoms with Gasteiger partial charge in [-0.05, 0) is 31.2 Å². The Morgan fingerprint density at radius 3 is 2.81 bits per heavy atom. The van der Waals surface area contributed by atoms with Crippen LogP contribution in [0.25, 0.3) is 11.3 Å². The molecule has 1 heterocycles. The predicted molar refractivity (Wildman–Crippen MR) is 83.4 cm³/mol. The summed E-state index contributed by atoms with van der Waals surface area (Å²) in [7, 11) is 1.80. The maximum Gasteiger partial charge on any atom is 0.268 e. The van der Waals surface area contributed by atoms with Crippen molar-refractivity contribution in [3.05, 3.63) is 46.2 Å². The first-order valence-corrected chi connectivity index (χ1v) is 7.07. The molecule has 0 aliphatic heterocycles. The van der Waals surface area contributed by atoms with Crippen molar-refractivity contribution in [2.75, 3.05) is 13.7 Å². The van der Waals surface area contributed by atoms with Gasteiger partial charge in [0.25, 0.3) is 5.56 Å². The summed E-state index contributed by atoms with van der Waals surface area (Å²) in [6.07, 6.45) is 0. The maximum absolute atomic E-state index is 11.7. The molecular formula is C16H21N3O2. The number of aromatic nitrogens is 2. The number of hydrogen-bond acceptors (Lipinski definition) is 4. The predicted octanol–water partition coefficient (Wildman–Crippen LogP) is 2.19. The van der Waals surface area contributed by atoms with Crippen molar-refractivity contribution < 1.29 is 4.74 Å². The average Bonchev–Trinajstić information content (AvgIpc) is 2.48. The van der Waals surface area contributed by atoms with Gasteiger partial charge in [0.1, 0.15) is 5.75 Å². The first-order chi connectivity index (χ1) is 10.1. The van der Waals surface area contributed by atoms with Gasteiger partial charge in [-0.1, -0.05) is 26.0 Å². The lowest BCUT2D eigenvalue weighted by atomic mass is 10.1. The van der Waals surface area contributed by atoms with Crippen molar-refractivity contribution in [1.29, 1.82) is 0 Å². The zero-order chi connectivity index (χ0) is 15.2. The number of benzene rings is 1. The molecule has 0 amide bonds. The third-order valence-electron chi connectivity index (χ3n) is 2.98. The van der Waals surface area contributed by atoms with E-state index in [0.29, 0.717) is 30.3 Å². The van der Waals surface area contributed by atoms with E-state index in [2.05, 4.69) is 29.4 Å². The Hall–Kier alpha value is -2.14. The smallest absolute Gasteiger partial charge is 0.268 e. The number of nitrogens with zero attached hydrogens (tertiary/aromatic N) is 1. The summed E-state index contributed by atoms with van der Waals surface area (Å²) >= 11 is 0. The van der Waals surface area contributed by atoms with E-state index in [9.17, 15) is 4.79 Å². The van der Waals surface area contributed by atoms with Crippen LogP contribution in [0.1, 0.15) is 19.4 Å². The van der Waals surface area contributed by atoms with Crippen molar-refractivity contribution in [1.82, 2.24) is 15.5 Å². The van der Waals surface area contributed by atoms with E-state index >= 15 is 0 Å². The Morgan fingerprint density at radius 2 is 2.10 bits per heavy atom. The fourth-order valence-corrected chi connectivity index (χ4v) is 1.97. The van der Waals surface area contributed by atoms with Gasteiger partial charge in [-0.15, -0.1) is 0 Å². The molecule has 5 heteroatoms. The first-order valence-electron chi connectivity index (χ1n) is 7.07. The summed E-state index contributed by atoms with van der Waals surface area (Å²) in [5, 5.41) is 9.66. The highest BCUT2D eigenvalue weighted by molar-refractivity contribution is 5.67. The van der Waals surface area contributed by atoms with Crippen molar-refractivity contribution in [2.45, 2.75) is 20.4 Å². The number of hydrogen-bond donors (Lipinski definition) is 2. The van der Waals surface area contributed by atoms with Gasteiger partial charge in [-0.3, -0.25) is 4.79 Å². The van der Waals surface area contributed by atoms with Crippen LogP contribution in [0.3, 0.4) is 0 Å². The molecular weight excluding hydrogens is 266 g/mol.